The molecule has 2 N–H and O–H groups in total. The first-order valence-corrected chi connectivity index (χ1v) is 9.04. The fourth-order valence-corrected chi connectivity index (χ4v) is 3.39. The van der Waals surface area contributed by atoms with Gasteiger partial charge in [0.05, 0.1) is 0 Å². The van der Waals surface area contributed by atoms with Crippen LogP contribution in [-0.4, -0.2) is 48.2 Å². The van der Waals surface area contributed by atoms with E-state index in [1.165, 1.54) is 5.56 Å². The first kappa shape index (κ1) is 20.7. The smallest absolute Gasteiger partial charge is 0.320 e. The largest absolute Gasteiger partial charge is 0.480 e. The molecule has 1 fully saturated rings. The van der Waals surface area contributed by atoms with E-state index in [-0.39, 0.29) is 12.4 Å². The highest BCUT2D eigenvalue weighted by Crippen LogP contribution is 2.22. The number of carboxylic acid groups (broad SMARTS) is 1. The summed E-state index contributed by atoms with van der Waals surface area (Å²) >= 11 is 5.93. The van der Waals surface area contributed by atoms with Crippen LogP contribution >= 0.6 is 24.0 Å². The number of carboxylic acids is 1. The van der Waals surface area contributed by atoms with E-state index < -0.39 is 12.0 Å². The van der Waals surface area contributed by atoms with Crippen LogP contribution in [0, 0.1) is 0 Å². The van der Waals surface area contributed by atoms with E-state index in [2.05, 4.69) is 34.5 Å². The number of aryl methyl sites for hydroxylation is 1. The molecule has 1 heterocycles. The van der Waals surface area contributed by atoms with Crippen LogP contribution in [0.5, 0.6) is 0 Å². The van der Waals surface area contributed by atoms with Gasteiger partial charge in [-0.3, -0.25) is 9.69 Å². The fraction of sp³-hybridized carbons (Fsp3) is 0.350. The lowest BCUT2D eigenvalue weighted by Gasteiger charge is -2.32. The molecular weight excluding hydrogens is 371 g/mol. The molecule has 1 unspecified atom stereocenters. The molecule has 1 aliphatic rings. The summed E-state index contributed by atoms with van der Waals surface area (Å²) in [6.07, 6.45) is 1.40. The highest BCUT2D eigenvalue weighted by molar-refractivity contribution is 6.30. The molecule has 0 aliphatic carbocycles. The molecule has 0 saturated carbocycles. The Morgan fingerprint density at radius 1 is 1.04 bits per heavy atom. The Morgan fingerprint density at radius 2 is 1.58 bits per heavy atom. The second-order valence-corrected chi connectivity index (χ2v) is 6.82. The maximum absolute atomic E-state index is 11.6. The number of hydrogen-bond donors (Lipinski definition) is 2. The SMILES string of the molecule is Cl.O=C(O)C(CCc1ccc(-c2ccc(Cl)cc2)cc1)N1CCNCC1. The molecule has 4 nitrogen and oxygen atoms in total. The summed E-state index contributed by atoms with van der Waals surface area (Å²) in [6.45, 7) is 3.32. The Morgan fingerprint density at radius 3 is 2.12 bits per heavy atom. The second-order valence-electron chi connectivity index (χ2n) is 6.38. The van der Waals surface area contributed by atoms with E-state index in [0.29, 0.717) is 6.42 Å². The van der Waals surface area contributed by atoms with Crippen LogP contribution in [0.4, 0.5) is 0 Å². The first-order valence-electron chi connectivity index (χ1n) is 8.66. The third-order valence-corrected chi connectivity index (χ3v) is 4.97. The monoisotopic (exact) mass is 394 g/mol. The molecule has 0 spiro atoms. The van der Waals surface area contributed by atoms with Crippen molar-refractivity contribution in [2.24, 2.45) is 0 Å². The summed E-state index contributed by atoms with van der Waals surface area (Å²) in [5.41, 5.74) is 3.43. The third kappa shape index (κ3) is 5.45. The summed E-state index contributed by atoms with van der Waals surface area (Å²) in [4.78, 5) is 13.7. The standard InChI is InChI=1S/C20H23ClN2O2.ClH/c21-18-8-6-17(7-9-18)16-4-1-15(2-5-16)3-10-19(20(24)25)23-13-11-22-12-14-23;/h1-2,4-9,19,22H,3,10-14H2,(H,24,25);1H. The number of nitrogens with one attached hydrogen (secondary N) is 1. The zero-order chi connectivity index (χ0) is 17.6. The Bertz CT molecular complexity index is 699. The number of nitrogens with zero attached hydrogens (tertiary/aromatic N) is 1. The zero-order valence-electron chi connectivity index (χ0n) is 14.5. The third-order valence-electron chi connectivity index (χ3n) is 4.72. The Balaban J connectivity index is 0.00000243. The Labute approximate surface area is 165 Å². The number of aliphatic carboxylic acids is 1. The van der Waals surface area contributed by atoms with Gasteiger partial charge in [0.15, 0.2) is 0 Å². The number of benzene rings is 2. The molecular formula is C20H24Cl2N2O2. The van der Waals surface area contributed by atoms with Crippen molar-refractivity contribution in [1.29, 1.82) is 0 Å². The van der Waals surface area contributed by atoms with Gasteiger partial charge in [0.2, 0.25) is 0 Å². The lowest BCUT2D eigenvalue weighted by molar-refractivity contribution is -0.143. The van der Waals surface area contributed by atoms with Crippen LogP contribution in [0.1, 0.15) is 12.0 Å². The molecule has 1 atom stereocenters. The van der Waals surface area contributed by atoms with Crippen LogP contribution in [0.3, 0.4) is 0 Å². The summed E-state index contributed by atoms with van der Waals surface area (Å²) in [6, 6.07) is 15.7. The molecule has 3 rings (SSSR count). The second kappa shape index (κ2) is 9.93. The average Bonchev–Trinajstić information content (AvgIpc) is 2.64. The minimum Gasteiger partial charge on any atom is -0.480 e. The summed E-state index contributed by atoms with van der Waals surface area (Å²) < 4.78 is 0. The van der Waals surface area contributed by atoms with Crippen LogP contribution in [0.2, 0.25) is 5.02 Å². The molecule has 1 saturated heterocycles. The van der Waals surface area contributed by atoms with Gasteiger partial charge in [0.25, 0.3) is 0 Å². The van der Waals surface area contributed by atoms with Crippen molar-refractivity contribution in [3.63, 3.8) is 0 Å². The van der Waals surface area contributed by atoms with Crippen molar-refractivity contribution in [2.75, 3.05) is 26.2 Å². The van der Waals surface area contributed by atoms with Crippen molar-refractivity contribution >= 4 is 30.0 Å². The van der Waals surface area contributed by atoms with Gasteiger partial charge in [-0.2, -0.15) is 0 Å². The van der Waals surface area contributed by atoms with E-state index in [4.69, 9.17) is 11.6 Å². The molecule has 2 aromatic rings. The van der Waals surface area contributed by atoms with Gasteiger partial charge in [-0.1, -0.05) is 48.0 Å². The highest BCUT2D eigenvalue weighted by Gasteiger charge is 2.26. The quantitative estimate of drug-likeness (QED) is 0.783. The molecule has 0 aromatic heterocycles. The van der Waals surface area contributed by atoms with Crippen LogP contribution < -0.4 is 5.32 Å². The normalized spacial score (nSPS) is 15.9. The minimum absolute atomic E-state index is 0. The number of carbonyl (C=O) groups is 1. The van der Waals surface area contributed by atoms with E-state index >= 15 is 0 Å². The van der Waals surface area contributed by atoms with Gasteiger partial charge in [0.1, 0.15) is 6.04 Å². The molecule has 140 valence electrons. The van der Waals surface area contributed by atoms with Crippen molar-refractivity contribution in [3.8, 4) is 11.1 Å². The molecule has 2 aromatic carbocycles. The fourth-order valence-electron chi connectivity index (χ4n) is 3.27. The predicted molar refractivity (Wildman–Crippen MR) is 108 cm³/mol. The van der Waals surface area contributed by atoms with Gasteiger partial charge >= 0.3 is 5.97 Å². The molecule has 0 bridgehead atoms. The Hall–Kier alpha value is -1.59. The number of piperazine rings is 1. The van der Waals surface area contributed by atoms with Crippen LogP contribution in [0.25, 0.3) is 11.1 Å². The van der Waals surface area contributed by atoms with E-state index in [1.807, 2.05) is 24.3 Å². The van der Waals surface area contributed by atoms with Crippen LogP contribution in [0.15, 0.2) is 48.5 Å². The van der Waals surface area contributed by atoms with Gasteiger partial charge < -0.3 is 10.4 Å². The van der Waals surface area contributed by atoms with Crippen molar-refractivity contribution < 1.29 is 9.90 Å². The molecule has 6 heteroatoms. The lowest BCUT2D eigenvalue weighted by Crippen LogP contribution is -2.51. The molecule has 0 radical (unpaired) electrons. The van der Waals surface area contributed by atoms with Crippen LogP contribution in [-0.2, 0) is 11.2 Å². The highest BCUT2D eigenvalue weighted by atomic mass is 35.5. The predicted octanol–water partition coefficient (Wildman–Crippen LogP) is 3.72. The van der Waals surface area contributed by atoms with E-state index in [0.717, 1.165) is 48.7 Å². The summed E-state index contributed by atoms with van der Waals surface area (Å²) in [7, 11) is 0. The molecule has 26 heavy (non-hydrogen) atoms. The summed E-state index contributed by atoms with van der Waals surface area (Å²) in [5.74, 6) is -0.723. The van der Waals surface area contributed by atoms with Gasteiger partial charge in [-0.05, 0) is 41.7 Å². The number of halogens is 2. The molecule has 1 aliphatic heterocycles. The van der Waals surface area contributed by atoms with E-state index in [9.17, 15) is 9.90 Å². The Kier molecular flexibility index (Phi) is 7.91. The van der Waals surface area contributed by atoms with Crippen molar-refractivity contribution in [1.82, 2.24) is 10.2 Å². The summed E-state index contributed by atoms with van der Waals surface area (Å²) in [5, 5.41) is 13.5. The average molecular weight is 395 g/mol. The van der Waals surface area contributed by atoms with Gasteiger partial charge in [-0.15, -0.1) is 12.4 Å². The topological polar surface area (TPSA) is 52.6 Å². The van der Waals surface area contributed by atoms with Crippen molar-refractivity contribution in [3.05, 3.63) is 59.1 Å². The van der Waals surface area contributed by atoms with Gasteiger partial charge in [0, 0.05) is 31.2 Å². The minimum atomic E-state index is -0.723. The zero-order valence-corrected chi connectivity index (χ0v) is 16.1. The first-order chi connectivity index (χ1) is 12.1. The molecule has 0 amide bonds. The lowest BCUT2D eigenvalue weighted by atomic mass is 10.00. The van der Waals surface area contributed by atoms with Crippen molar-refractivity contribution in [2.45, 2.75) is 18.9 Å². The van der Waals surface area contributed by atoms with E-state index in [1.54, 1.807) is 0 Å². The number of hydrogen-bond acceptors (Lipinski definition) is 3. The van der Waals surface area contributed by atoms with Gasteiger partial charge in [-0.25, -0.2) is 0 Å². The maximum atomic E-state index is 11.6. The number of rotatable bonds is 6. The maximum Gasteiger partial charge on any atom is 0.320 e.